The van der Waals surface area contributed by atoms with Crippen LogP contribution >= 0.6 is 0 Å². The number of ether oxygens (including phenoxy) is 1. The van der Waals surface area contributed by atoms with Gasteiger partial charge in [-0.2, -0.15) is 0 Å². The molecule has 1 fully saturated rings. The summed E-state index contributed by atoms with van der Waals surface area (Å²) in [5, 5.41) is 6.07. The number of amides is 1. The lowest BCUT2D eigenvalue weighted by molar-refractivity contribution is -0.119. The monoisotopic (exact) mass is 306 g/mol. The molecule has 0 bridgehead atoms. The number of nitrogens with zero attached hydrogens (tertiary/aromatic N) is 2. The molecule has 22 heavy (non-hydrogen) atoms. The van der Waals surface area contributed by atoms with Gasteiger partial charge in [0.05, 0.1) is 19.8 Å². The summed E-state index contributed by atoms with van der Waals surface area (Å²) in [5.74, 6) is 0.0185. The Morgan fingerprint density at radius 3 is 2.55 bits per heavy atom. The van der Waals surface area contributed by atoms with E-state index in [2.05, 4.69) is 15.5 Å². The molecular formula is C16H26N4O2. The Hall–Kier alpha value is -1.79. The second-order valence-electron chi connectivity index (χ2n) is 5.60. The van der Waals surface area contributed by atoms with Gasteiger partial charge >= 0.3 is 0 Å². The summed E-state index contributed by atoms with van der Waals surface area (Å²) in [6.07, 6.45) is 0. The van der Waals surface area contributed by atoms with E-state index in [-0.39, 0.29) is 5.91 Å². The minimum Gasteiger partial charge on any atom is -0.379 e. The maximum atomic E-state index is 11.8. The lowest BCUT2D eigenvalue weighted by Crippen LogP contribution is -2.42. The van der Waals surface area contributed by atoms with Crippen LogP contribution in [0.3, 0.4) is 0 Å². The summed E-state index contributed by atoms with van der Waals surface area (Å²) in [7, 11) is 4.01. The molecule has 2 rings (SSSR count). The zero-order valence-corrected chi connectivity index (χ0v) is 13.5. The highest BCUT2D eigenvalue weighted by atomic mass is 16.5. The van der Waals surface area contributed by atoms with Crippen molar-refractivity contribution < 1.29 is 9.53 Å². The van der Waals surface area contributed by atoms with Crippen molar-refractivity contribution in [3.8, 4) is 0 Å². The van der Waals surface area contributed by atoms with E-state index < -0.39 is 0 Å². The van der Waals surface area contributed by atoms with Crippen LogP contribution in [0.15, 0.2) is 24.3 Å². The van der Waals surface area contributed by atoms with Crippen LogP contribution in [0.25, 0.3) is 0 Å². The number of hydrogen-bond donors (Lipinski definition) is 2. The summed E-state index contributed by atoms with van der Waals surface area (Å²) in [6, 6.07) is 8.02. The number of rotatable bonds is 7. The van der Waals surface area contributed by atoms with Gasteiger partial charge in [-0.05, 0) is 24.3 Å². The third-order valence-electron chi connectivity index (χ3n) is 3.69. The fourth-order valence-corrected chi connectivity index (χ4v) is 2.30. The molecule has 1 aliphatic heterocycles. The fraction of sp³-hybridized carbons (Fsp3) is 0.562. The number of anilines is 2. The van der Waals surface area contributed by atoms with Gasteiger partial charge in [-0.25, -0.2) is 0 Å². The van der Waals surface area contributed by atoms with Gasteiger partial charge in [0.15, 0.2) is 0 Å². The molecule has 1 heterocycles. The highest BCUT2D eigenvalue weighted by Gasteiger charge is 2.10. The SMILES string of the molecule is CN(C)c1ccc(NCC(=O)NCCN2CCOCC2)cc1. The van der Waals surface area contributed by atoms with Gasteiger partial charge < -0.3 is 20.3 Å². The van der Waals surface area contributed by atoms with Crippen LogP contribution in [0.5, 0.6) is 0 Å². The van der Waals surface area contributed by atoms with Gasteiger partial charge in [0.25, 0.3) is 0 Å². The first-order valence-electron chi connectivity index (χ1n) is 7.73. The number of nitrogens with one attached hydrogen (secondary N) is 2. The predicted octanol–water partition coefficient (Wildman–Crippen LogP) is 0.613. The van der Waals surface area contributed by atoms with E-state index in [4.69, 9.17) is 4.74 Å². The average molecular weight is 306 g/mol. The van der Waals surface area contributed by atoms with Crippen LogP contribution in [-0.4, -0.2) is 70.8 Å². The highest BCUT2D eigenvalue weighted by molar-refractivity contribution is 5.80. The first-order valence-corrected chi connectivity index (χ1v) is 7.73. The van der Waals surface area contributed by atoms with E-state index in [0.717, 1.165) is 44.2 Å². The summed E-state index contributed by atoms with van der Waals surface area (Å²) >= 11 is 0. The Bertz CT molecular complexity index is 456. The van der Waals surface area contributed by atoms with Crippen LogP contribution in [0.1, 0.15) is 0 Å². The predicted molar refractivity (Wildman–Crippen MR) is 89.5 cm³/mol. The van der Waals surface area contributed by atoms with E-state index in [1.54, 1.807) is 0 Å². The molecule has 0 radical (unpaired) electrons. The zero-order valence-electron chi connectivity index (χ0n) is 13.5. The van der Waals surface area contributed by atoms with Gasteiger partial charge in [0.1, 0.15) is 0 Å². The number of carbonyl (C=O) groups excluding carboxylic acids is 1. The molecule has 0 aliphatic carbocycles. The molecule has 2 N–H and O–H groups in total. The molecule has 1 aliphatic rings. The summed E-state index contributed by atoms with van der Waals surface area (Å²) < 4.78 is 5.30. The van der Waals surface area contributed by atoms with Gasteiger partial charge in [-0.15, -0.1) is 0 Å². The smallest absolute Gasteiger partial charge is 0.239 e. The molecule has 6 heteroatoms. The third-order valence-corrected chi connectivity index (χ3v) is 3.69. The Morgan fingerprint density at radius 2 is 1.91 bits per heavy atom. The Labute approximate surface area is 132 Å². The van der Waals surface area contributed by atoms with Gasteiger partial charge in [-0.3, -0.25) is 9.69 Å². The molecule has 0 unspecified atom stereocenters. The van der Waals surface area contributed by atoms with E-state index >= 15 is 0 Å². The van der Waals surface area contributed by atoms with E-state index in [1.807, 2.05) is 43.3 Å². The van der Waals surface area contributed by atoms with Crippen LogP contribution in [0, 0.1) is 0 Å². The second-order valence-corrected chi connectivity index (χ2v) is 5.60. The molecule has 0 atom stereocenters. The van der Waals surface area contributed by atoms with Gasteiger partial charge in [0, 0.05) is 51.6 Å². The van der Waals surface area contributed by atoms with Crippen LogP contribution in [0.4, 0.5) is 11.4 Å². The van der Waals surface area contributed by atoms with Crippen molar-refractivity contribution in [1.29, 1.82) is 0 Å². The molecular weight excluding hydrogens is 280 g/mol. The third kappa shape index (κ3) is 5.54. The summed E-state index contributed by atoms with van der Waals surface area (Å²) in [6.45, 7) is 5.34. The molecule has 1 aromatic carbocycles. The summed E-state index contributed by atoms with van der Waals surface area (Å²) in [4.78, 5) is 16.2. The molecule has 1 saturated heterocycles. The molecule has 1 amide bonds. The van der Waals surface area contributed by atoms with Crippen molar-refractivity contribution in [1.82, 2.24) is 10.2 Å². The number of morpholine rings is 1. The number of hydrogen-bond acceptors (Lipinski definition) is 5. The van der Waals surface area contributed by atoms with E-state index in [9.17, 15) is 4.79 Å². The molecule has 0 saturated carbocycles. The molecule has 6 nitrogen and oxygen atoms in total. The minimum atomic E-state index is 0.0185. The van der Waals surface area contributed by atoms with E-state index in [1.165, 1.54) is 0 Å². The standard InChI is InChI=1S/C16H26N4O2/c1-19(2)15-5-3-14(4-6-15)18-13-16(21)17-7-8-20-9-11-22-12-10-20/h3-6,18H,7-13H2,1-2H3,(H,17,21). The molecule has 0 aromatic heterocycles. The average Bonchev–Trinajstić information content (AvgIpc) is 2.54. The molecule has 122 valence electrons. The number of benzene rings is 1. The van der Waals surface area contributed by atoms with Gasteiger partial charge in [-0.1, -0.05) is 0 Å². The maximum Gasteiger partial charge on any atom is 0.239 e. The van der Waals surface area contributed by atoms with Crippen molar-refractivity contribution in [3.63, 3.8) is 0 Å². The van der Waals surface area contributed by atoms with Crippen molar-refractivity contribution in [3.05, 3.63) is 24.3 Å². The lowest BCUT2D eigenvalue weighted by Gasteiger charge is -2.26. The number of carbonyl (C=O) groups is 1. The van der Waals surface area contributed by atoms with Crippen LogP contribution < -0.4 is 15.5 Å². The maximum absolute atomic E-state index is 11.8. The Balaban J connectivity index is 1.62. The van der Waals surface area contributed by atoms with Crippen LogP contribution in [-0.2, 0) is 9.53 Å². The first kappa shape index (κ1) is 16.6. The Kier molecular flexibility index (Phi) is 6.48. The van der Waals surface area contributed by atoms with Crippen molar-refractivity contribution >= 4 is 17.3 Å². The van der Waals surface area contributed by atoms with Crippen LogP contribution in [0.2, 0.25) is 0 Å². The molecule has 0 spiro atoms. The Morgan fingerprint density at radius 1 is 1.23 bits per heavy atom. The van der Waals surface area contributed by atoms with E-state index in [0.29, 0.717) is 13.1 Å². The van der Waals surface area contributed by atoms with Gasteiger partial charge in [0.2, 0.25) is 5.91 Å². The zero-order chi connectivity index (χ0) is 15.8. The fourth-order valence-electron chi connectivity index (χ4n) is 2.30. The first-order chi connectivity index (χ1) is 10.6. The van der Waals surface area contributed by atoms with Crippen molar-refractivity contribution in [2.75, 3.05) is 70.2 Å². The minimum absolute atomic E-state index is 0.0185. The topological polar surface area (TPSA) is 56.8 Å². The van der Waals surface area contributed by atoms with Crippen molar-refractivity contribution in [2.24, 2.45) is 0 Å². The summed E-state index contributed by atoms with van der Waals surface area (Å²) in [5.41, 5.74) is 2.09. The lowest BCUT2D eigenvalue weighted by atomic mass is 10.2. The highest BCUT2D eigenvalue weighted by Crippen LogP contribution is 2.15. The second kappa shape index (κ2) is 8.60. The largest absolute Gasteiger partial charge is 0.379 e. The quantitative estimate of drug-likeness (QED) is 0.773. The van der Waals surface area contributed by atoms with Crippen molar-refractivity contribution in [2.45, 2.75) is 0 Å². The molecule has 1 aromatic rings. The normalized spacial score (nSPS) is 15.4.